The lowest BCUT2D eigenvalue weighted by atomic mass is 9.86. The van der Waals surface area contributed by atoms with Crippen LogP contribution in [-0.2, 0) is 11.2 Å². The second-order valence-corrected chi connectivity index (χ2v) is 8.65. The average Bonchev–Trinajstić information content (AvgIpc) is 3.23. The lowest BCUT2D eigenvalue weighted by Gasteiger charge is -2.26. The number of benzene rings is 2. The van der Waals surface area contributed by atoms with Gasteiger partial charge in [-0.1, -0.05) is 54.6 Å². The normalized spacial score (nSPS) is 18.7. The number of carbonyl (C=O) groups excluding carboxylic acids is 1. The van der Waals surface area contributed by atoms with Crippen LogP contribution in [0, 0.1) is 5.92 Å². The van der Waals surface area contributed by atoms with Gasteiger partial charge in [0.05, 0.1) is 11.5 Å². The second kappa shape index (κ2) is 9.26. The van der Waals surface area contributed by atoms with Crippen LogP contribution in [-0.4, -0.2) is 23.0 Å². The second-order valence-electron chi connectivity index (χ2n) is 7.91. The molecule has 0 spiro atoms. The lowest BCUT2D eigenvalue weighted by Crippen LogP contribution is -2.38. The molecule has 1 saturated carbocycles. The highest BCUT2D eigenvalue weighted by Crippen LogP contribution is 2.26. The summed E-state index contributed by atoms with van der Waals surface area (Å²) in [6, 6.07) is 18.8. The Labute approximate surface area is 180 Å². The first-order valence-corrected chi connectivity index (χ1v) is 11.3. The number of rotatable bonds is 6. The zero-order valence-electron chi connectivity index (χ0n) is 16.7. The predicted octanol–water partition coefficient (Wildman–Crippen LogP) is 5.38. The van der Waals surface area contributed by atoms with Crippen LogP contribution in [0.5, 0.6) is 0 Å². The fourth-order valence-corrected chi connectivity index (χ4v) is 4.91. The van der Waals surface area contributed by atoms with Crippen LogP contribution < -0.4 is 5.32 Å². The van der Waals surface area contributed by atoms with E-state index in [0.717, 1.165) is 24.0 Å². The molecule has 1 amide bonds. The van der Waals surface area contributed by atoms with Crippen molar-refractivity contribution in [1.82, 2.24) is 5.32 Å². The summed E-state index contributed by atoms with van der Waals surface area (Å²) in [5.41, 5.74) is 5.30. The number of amides is 1. The maximum Gasteiger partial charge on any atom is 0.306 e. The highest BCUT2D eigenvalue weighted by atomic mass is 32.1. The summed E-state index contributed by atoms with van der Waals surface area (Å²) in [5.74, 6) is -1.04. The van der Waals surface area contributed by atoms with E-state index in [2.05, 4.69) is 41.7 Å². The van der Waals surface area contributed by atoms with Crippen molar-refractivity contribution in [2.75, 3.05) is 0 Å². The molecule has 0 saturated heterocycles. The number of carboxylic acid groups (broad SMARTS) is 1. The van der Waals surface area contributed by atoms with Gasteiger partial charge in [0.2, 0.25) is 0 Å². The molecule has 1 aliphatic carbocycles. The van der Waals surface area contributed by atoms with E-state index in [9.17, 15) is 9.59 Å². The number of carbonyl (C=O) groups is 2. The van der Waals surface area contributed by atoms with Crippen LogP contribution in [0.25, 0.3) is 11.1 Å². The minimum Gasteiger partial charge on any atom is -0.481 e. The van der Waals surface area contributed by atoms with E-state index in [1.165, 1.54) is 16.7 Å². The number of carboxylic acids is 1. The van der Waals surface area contributed by atoms with Crippen LogP contribution in [0.15, 0.2) is 65.4 Å². The Morgan fingerprint density at radius 1 is 0.900 bits per heavy atom. The van der Waals surface area contributed by atoms with E-state index in [1.54, 1.807) is 11.3 Å². The maximum absolute atomic E-state index is 12.8. The molecule has 1 fully saturated rings. The van der Waals surface area contributed by atoms with Crippen molar-refractivity contribution in [2.24, 2.45) is 5.92 Å². The molecule has 0 radical (unpaired) electrons. The van der Waals surface area contributed by atoms with E-state index < -0.39 is 5.97 Å². The SMILES string of the molecule is O=C(NC1CCC(C(=O)O)CC1)c1cscc1Cc1ccc(-c2ccccc2)cc1. The van der Waals surface area contributed by atoms with Crippen molar-refractivity contribution in [3.63, 3.8) is 0 Å². The van der Waals surface area contributed by atoms with E-state index in [1.807, 2.05) is 29.0 Å². The third kappa shape index (κ3) is 4.79. The van der Waals surface area contributed by atoms with Gasteiger partial charge in [0.1, 0.15) is 0 Å². The molecule has 2 N–H and O–H groups in total. The van der Waals surface area contributed by atoms with Gasteiger partial charge in [0, 0.05) is 11.4 Å². The smallest absolute Gasteiger partial charge is 0.306 e. The Balaban J connectivity index is 1.38. The van der Waals surface area contributed by atoms with Crippen molar-refractivity contribution in [3.8, 4) is 11.1 Å². The highest BCUT2D eigenvalue weighted by molar-refractivity contribution is 7.08. The molecule has 2 aromatic carbocycles. The molecule has 4 nitrogen and oxygen atoms in total. The molecular formula is C25H25NO3S. The van der Waals surface area contributed by atoms with Gasteiger partial charge in [0.15, 0.2) is 0 Å². The highest BCUT2D eigenvalue weighted by Gasteiger charge is 2.27. The third-order valence-electron chi connectivity index (χ3n) is 5.85. The van der Waals surface area contributed by atoms with E-state index >= 15 is 0 Å². The molecule has 30 heavy (non-hydrogen) atoms. The third-order valence-corrected chi connectivity index (χ3v) is 6.65. The summed E-state index contributed by atoms with van der Waals surface area (Å²) >= 11 is 1.54. The first-order chi connectivity index (χ1) is 14.6. The van der Waals surface area contributed by atoms with Crippen LogP contribution >= 0.6 is 11.3 Å². The number of nitrogens with one attached hydrogen (secondary N) is 1. The molecular weight excluding hydrogens is 394 g/mol. The van der Waals surface area contributed by atoms with Crippen molar-refractivity contribution >= 4 is 23.2 Å². The summed E-state index contributed by atoms with van der Waals surface area (Å²) in [4.78, 5) is 23.9. The molecule has 0 bridgehead atoms. The fraction of sp³-hybridized carbons (Fsp3) is 0.280. The molecule has 0 atom stereocenters. The van der Waals surface area contributed by atoms with E-state index in [-0.39, 0.29) is 17.9 Å². The van der Waals surface area contributed by atoms with Crippen molar-refractivity contribution in [1.29, 1.82) is 0 Å². The Morgan fingerprint density at radius 2 is 1.57 bits per heavy atom. The molecule has 1 aromatic heterocycles. The van der Waals surface area contributed by atoms with Crippen LogP contribution in [0.2, 0.25) is 0 Å². The van der Waals surface area contributed by atoms with Gasteiger partial charge in [-0.3, -0.25) is 9.59 Å². The van der Waals surface area contributed by atoms with Gasteiger partial charge in [-0.2, -0.15) is 11.3 Å². The number of hydrogen-bond donors (Lipinski definition) is 2. The van der Waals surface area contributed by atoms with E-state index in [0.29, 0.717) is 19.3 Å². The minimum absolute atomic E-state index is 0.0501. The van der Waals surface area contributed by atoms with E-state index in [4.69, 9.17) is 5.11 Å². The van der Waals surface area contributed by atoms with Crippen LogP contribution in [0.1, 0.15) is 47.2 Å². The molecule has 0 unspecified atom stereocenters. The first-order valence-electron chi connectivity index (χ1n) is 10.3. The molecule has 1 heterocycles. The fourth-order valence-electron chi connectivity index (χ4n) is 4.07. The van der Waals surface area contributed by atoms with Gasteiger partial charge < -0.3 is 10.4 Å². The molecule has 154 valence electrons. The average molecular weight is 420 g/mol. The topological polar surface area (TPSA) is 66.4 Å². The molecule has 4 rings (SSSR count). The van der Waals surface area contributed by atoms with Crippen molar-refractivity contribution < 1.29 is 14.7 Å². The lowest BCUT2D eigenvalue weighted by molar-refractivity contribution is -0.142. The number of hydrogen-bond acceptors (Lipinski definition) is 3. The van der Waals surface area contributed by atoms with Crippen molar-refractivity contribution in [2.45, 2.75) is 38.1 Å². The van der Waals surface area contributed by atoms with Crippen LogP contribution in [0.3, 0.4) is 0 Å². The van der Waals surface area contributed by atoms with Gasteiger partial charge >= 0.3 is 5.97 Å². The standard InChI is InChI=1S/C25H25NO3S/c27-24(26-22-12-10-20(11-13-22)25(28)29)23-16-30-15-21(23)14-17-6-8-19(9-7-17)18-4-2-1-3-5-18/h1-9,15-16,20,22H,10-14H2,(H,26,27)(H,28,29). The predicted molar refractivity (Wildman–Crippen MR) is 120 cm³/mol. The quantitative estimate of drug-likeness (QED) is 0.564. The Kier molecular flexibility index (Phi) is 6.29. The Bertz CT molecular complexity index is 1000. The van der Waals surface area contributed by atoms with Gasteiger partial charge in [0.25, 0.3) is 5.91 Å². The van der Waals surface area contributed by atoms with Gasteiger partial charge in [-0.25, -0.2) is 0 Å². The number of thiophene rings is 1. The van der Waals surface area contributed by atoms with Gasteiger partial charge in [-0.15, -0.1) is 0 Å². The number of aliphatic carboxylic acids is 1. The van der Waals surface area contributed by atoms with Crippen molar-refractivity contribution in [3.05, 3.63) is 82.0 Å². The molecule has 5 heteroatoms. The van der Waals surface area contributed by atoms with Crippen LogP contribution in [0.4, 0.5) is 0 Å². The minimum atomic E-state index is -0.724. The molecule has 0 aliphatic heterocycles. The zero-order chi connectivity index (χ0) is 20.9. The Morgan fingerprint density at radius 3 is 2.23 bits per heavy atom. The van der Waals surface area contributed by atoms with Gasteiger partial charge in [-0.05, 0) is 59.7 Å². The monoisotopic (exact) mass is 419 g/mol. The molecule has 1 aliphatic rings. The summed E-state index contributed by atoms with van der Waals surface area (Å²) in [7, 11) is 0. The summed E-state index contributed by atoms with van der Waals surface area (Å²) in [5, 5.41) is 16.2. The summed E-state index contributed by atoms with van der Waals surface area (Å²) < 4.78 is 0. The summed E-state index contributed by atoms with van der Waals surface area (Å²) in [6.07, 6.45) is 3.43. The summed E-state index contributed by atoms with van der Waals surface area (Å²) in [6.45, 7) is 0. The zero-order valence-corrected chi connectivity index (χ0v) is 17.5. The molecule has 3 aromatic rings. The first kappa shape index (κ1) is 20.4. The largest absolute Gasteiger partial charge is 0.481 e. The maximum atomic E-state index is 12.8. The Hall–Kier alpha value is -2.92.